The van der Waals surface area contributed by atoms with Crippen molar-refractivity contribution in [3.05, 3.63) is 33.9 Å². The molecule has 0 amide bonds. The van der Waals surface area contributed by atoms with Gasteiger partial charge >= 0.3 is 5.97 Å². The Bertz CT molecular complexity index is 694. The van der Waals surface area contributed by atoms with Crippen LogP contribution in [0.4, 0.5) is 5.69 Å². The van der Waals surface area contributed by atoms with Crippen LogP contribution in [0.2, 0.25) is 0 Å². The molecule has 2 N–H and O–H groups in total. The molecule has 1 fully saturated rings. The molecule has 0 radical (unpaired) electrons. The number of nitrogens with zero attached hydrogens (tertiary/aromatic N) is 1. The standard InChI is InChI=1S/C13H16N2O6S/c14-22(19,20)12-8-9(15(17)18)6-7-11(12)13(16)21-10-4-2-1-3-5-10/h6-8,10H,1-5H2,(H2,14,19,20). The third kappa shape index (κ3) is 3.80. The molecular weight excluding hydrogens is 312 g/mol. The molecule has 120 valence electrons. The first-order chi connectivity index (χ1) is 10.3. The second-order valence-corrected chi connectivity index (χ2v) is 6.68. The fourth-order valence-corrected chi connectivity index (χ4v) is 3.17. The molecule has 0 spiro atoms. The molecule has 1 aromatic carbocycles. The van der Waals surface area contributed by atoms with Gasteiger partial charge in [-0.05, 0) is 31.7 Å². The molecule has 9 heteroatoms. The van der Waals surface area contributed by atoms with Gasteiger partial charge in [0.15, 0.2) is 0 Å². The van der Waals surface area contributed by atoms with Gasteiger partial charge in [-0.15, -0.1) is 0 Å². The van der Waals surface area contributed by atoms with Crippen molar-refractivity contribution >= 4 is 21.7 Å². The molecule has 0 saturated heterocycles. The molecule has 0 aliphatic heterocycles. The van der Waals surface area contributed by atoms with Crippen molar-refractivity contribution in [2.24, 2.45) is 5.14 Å². The Morgan fingerprint density at radius 3 is 2.45 bits per heavy atom. The van der Waals surface area contributed by atoms with Gasteiger partial charge in [0.05, 0.1) is 10.5 Å². The Morgan fingerprint density at radius 2 is 1.91 bits per heavy atom. The molecule has 1 aliphatic rings. The first-order valence-corrected chi connectivity index (χ1v) is 8.36. The van der Waals surface area contributed by atoms with Crippen molar-refractivity contribution in [3.8, 4) is 0 Å². The lowest BCUT2D eigenvalue weighted by Crippen LogP contribution is -2.23. The Labute approximate surface area is 127 Å². The van der Waals surface area contributed by atoms with Gasteiger partial charge in [0, 0.05) is 12.1 Å². The van der Waals surface area contributed by atoms with E-state index in [1.807, 2.05) is 0 Å². The highest BCUT2D eigenvalue weighted by Crippen LogP contribution is 2.25. The number of benzene rings is 1. The highest BCUT2D eigenvalue weighted by molar-refractivity contribution is 7.89. The lowest BCUT2D eigenvalue weighted by atomic mass is 9.98. The number of hydrogen-bond donors (Lipinski definition) is 1. The third-order valence-corrected chi connectivity index (χ3v) is 4.48. The Balaban J connectivity index is 2.32. The maximum Gasteiger partial charge on any atom is 0.339 e. The van der Waals surface area contributed by atoms with Crippen LogP contribution in [-0.4, -0.2) is 25.4 Å². The largest absolute Gasteiger partial charge is 0.459 e. The summed E-state index contributed by atoms with van der Waals surface area (Å²) < 4.78 is 28.4. The average molecular weight is 328 g/mol. The van der Waals surface area contributed by atoms with Crippen LogP contribution in [0, 0.1) is 10.1 Å². The number of esters is 1. The quantitative estimate of drug-likeness (QED) is 0.509. The van der Waals surface area contributed by atoms with Crippen LogP contribution in [0.5, 0.6) is 0 Å². The number of sulfonamides is 1. The van der Waals surface area contributed by atoms with Crippen molar-refractivity contribution < 1.29 is 22.9 Å². The van der Waals surface area contributed by atoms with Crippen molar-refractivity contribution in [2.45, 2.75) is 43.1 Å². The lowest BCUT2D eigenvalue weighted by molar-refractivity contribution is -0.385. The summed E-state index contributed by atoms with van der Waals surface area (Å²) in [6.07, 6.45) is 4.16. The minimum Gasteiger partial charge on any atom is -0.459 e. The highest BCUT2D eigenvalue weighted by atomic mass is 32.2. The van der Waals surface area contributed by atoms with Gasteiger partial charge in [-0.25, -0.2) is 18.4 Å². The highest BCUT2D eigenvalue weighted by Gasteiger charge is 2.26. The fraction of sp³-hybridized carbons (Fsp3) is 0.462. The topological polar surface area (TPSA) is 130 Å². The summed E-state index contributed by atoms with van der Waals surface area (Å²) in [5.41, 5.74) is -0.739. The van der Waals surface area contributed by atoms with Crippen LogP contribution in [0.1, 0.15) is 42.5 Å². The van der Waals surface area contributed by atoms with Crippen LogP contribution < -0.4 is 5.14 Å². The summed E-state index contributed by atoms with van der Waals surface area (Å²) >= 11 is 0. The van der Waals surface area contributed by atoms with E-state index in [2.05, 4.69) is 0 Å². The zero-order chi connectivity index (χ0) is 16.3. The van der Waals surface area contributed by atoms with Crippen LogP contribution >= 0.6 is 0 Å². The zero-order valence-electron chi connectivity index (χ0n) is 11.7. The Morgan fingerprint density at radius 1 is 1.27 bits per heavy atom. The normalized spacial score (nSPS) is 16.2. The zero-order valence-corrected chi connectivity index (χ0v) is 12.5. The number of primary sulfonamides is 1. The Hall–Kier alpha value is -2.00. The molecule has 0 aromatic heterocycles. The van der Waals surface area contributed by atoms with Crippen LogP contribution in [0.25, 0.3) is 0 Å². The number of nitro benzene ring substituents is 1. The predicted molar refractivity (Wildman–Crippen MR) is 76.8 cm³/mol. The number of hydrogen-bond acceptors (Lipinski definition) is 6. The maximum atomic E-state index is 12.1. The van der Waals surface area contributed by atoms with E-state index in [1.54, 1.807) is 0 Å². The number of rotatable bonds is 4. The lowest BCUT2D eigenvalue weighted by Gasteiger charge is -2.22. The third-order valence-electron chi connectivity index (χ3n) is 3.53. The molecule has 0 unspecified atom stereocenters. The van der Waals surface area contributed by atoms with E-state index in [-0.39, 0.29) is 11.7 Å². The summed E-state index contributed by atoms with van der Waals surface area (Å²) in [7, 11) is -4.28. The van der Waals surface area contributed by atoms with E-state index in [9.17, 15) is 23.3 Å². The summed E-state index contributed by atoms with van der Waals surface area (Å²) in [5, 5.41) is 15.8. The molecule has 1 aromatic rings. The number of nitrogens with two attached hydrogens (primary N) is 1. The minimum absolute atomic E-state index is 0.259. The number of non-ortho nitro benzene ring substituents is 1. The minimum atomic E-state index is -4.28. The van der Waals surface area contributed by atoms with Gasteiger partial charge in [-0.2, -0.15) is 0 Å². The molecule has 2 rings (SSSR count). The van der Waals surface area contributed by atoms with Gasteiger partial charge in [0.1, 0.15) is 11.0 Å². The van der Waals surface area contributed by atoms with E-state index in [0.717, 1.165) is 50.3 Å². The molecule has 8 nitrogen and oxygen atoms in total. The first-order valence-electron chi connectivity index (χ1n) is 6.81. The molecule has 1 aliphatic carbocycles. The smallest absolute Gasteiger partial charge is 0.339 e. The maximum absolute atomic E-state index is 12.1. The summed E-state index contributed by atoms with van der Waals surface area (Å²) in [4.78, 5) is 21.5. The van der Waals surface area contributed by atoms with Gasteiger partial charge in [0.2, 0.25) is 10.0 Å². The van der Waals surface area contributed by atoms with Gasteiger partial charge in [0.25, 0.3) is 5.69 Å². The monoisotopic (exact) mass is 328 g/mol. The van der Waals surface area contributed by atoms with Crippen molar-refractivity contribution in [1.82, 2.24) is 0 Å². The molecule has 0 atom stereocenters. The second-order valence-electron chi connectivity index (χ2n) is 5.15. The van der Waals surface area contributed by atoms with Crippen molar-refractivity contribution in [2.75, 3.05) is 0 Å². The average Bonchev–Trinajstić information content (AvgIpc) is 2.46. The summed E-state index contributed by atoms with van der Waals surface area (Å²) in [6, 6.07) is 2.88. The number of carbonyl (C=O) groups excluding carboxylic acids is 1. The first kappa shape index (κ1) is 16.4. The van der Waals surface area contributed by atoms with E-state index >= 15 is 0 Å². The van der Waals surface area contributed by atoms with Crippen LogP contribution in [0.15, 0.2) is 23.1 Å². The second kappa shape index (κ2) is 6.41. The van der Waals surface area contributed by atoms with E-state index in [0.29, 0.717) is 0 Å². The van der Waals surface area contributed by atoms with Crippen molar-refractivity contribution in [3.63, 3.8) is 0 Å². The molecule has 1 saturated carbocycles. The van der Waals surface area contributed by atoms with Crippen LogP contribution in [0.3, 0.4) is 0 Å². The summed E-state index contributed by atoms with van der Waals surface area (Å²) in [6.45, 7) is 0. The van der Waals surface area contributed by atoms with E-state index < -0.39 is 31.5 Å². The number of carbonyl (C=O) groups is 1. The number of nitro groups is 1. The summed E-state index contributed by atoms with van der Waals surface area (Å²) in [5.74, 6) is -0.828. The van der Waals surface area contributed by atoms with Gasteiger partial charge in [-0.1, -0.05) is 6.42 Å². The van der Waals surface area contributed by atoms with Crippen molar-refractivity contribution in [1.29, 1.82) is 0 Å². The van der Waals surface area contributed by atoms with E-state index in [4.69, 9.17) is 9.88 Å². The van der Waals surface area contributed by atoms with Gasteiger partial charge in [-0.3, -0.25) is 10.1 Å². The molecule has 0 heterocycles. The predicted octanol–water partition coefficient (Wildman–Crippen LogP) is 1.73. The van der Waals surface area contributed by atoms with Crippen LogP contribution in [-0.2, 0) is 14.8 Å². The molecular formula is C13H16N2O6S. The molecule has 0 bridgehead atoms. The fourth-order valence-electron chi connectivity index (χ4n) is 2.43. The molecule has 22 heavy (non-hydrogen) atoms. The Kier molecular flexibility index (Phi) is 4.77. The van der Waals surface area contributed by atoms with E-state index in [1.165, 1.54) is 0 Å². The van der Waals surface area contributed by atoms with Gasteiger partial charge < -0.3 is 4.74 Å². The number of ether oxygens (including phenoxy) is 1. The SMILES string of the molecule is NS(=O)(=O)c1cc([N+](=O)[O-])ccc1C(=O)OC1CCCCC1.